The summed E-state index contributed by atoms with van der Waals surface area (Å²) >= 11 is 0. The molecule has 2 heterocycles. The lowest BCUT2D eigenvalue weighted by Gasteiger charge is -2.15. The molecule has 3 aromatic rings. The maximum absolute atomic E-state index is 4.77. The molecule has 0 radical (unpaired) electrons. The average molecular weight is 373 g/mol. The lowest BCUT2D eigenvalue weighted by atomic mass is 10.2. The molecule has 6 heteroatoms. The largest absolute Gasteiger partial charge is 0.327 e. The number of para-hydroxylation sites is 2. The monoisotopic (exact) mass is 372 g/mol. The first-order valence-corrected chi connectivity index (χ1v) is 7.50. The van der Waals surface area contributed by atoms with Gasteiger partial charge in [-0.1, -0.05) is 24.3 Å². The van der Waals surface area contributed by atoms with Gasteiger partial charge in [-0.15, -0.1) is 24.8 Å². The number of rotatable bonds is 2. The number of allylic oxidation sites excluding steroid dienone is 1. The van der Waals surface area contributed by atoms with Gasteiger partial charge in [0, 0.05) is 43.1 Å². The minimum Gasteiger partial charge on any atom is -0.327 e. The van der Waals surface area contributed by atoms with Gasteiger partial charge in [0.2, 0.25) is 0 Å². The molecule has 4 rings (SSSR count). The number of anilines is 1. The Morgan fingerprint density at radius 1 is 0.920 bits per heavy atom. The molecule has 1 aliphatic rings. The average Bonchev–Trinajstić information content (AvgIpc) is 2.78. The number of benzene rings is 2. The minimum atomic E-state index is 0. The van der Waals surface area contributed by atoms with Gasteiger partial charge in [0.05, 0.1) is 11.0 Å². The summed E-state index contributed by atoms with van der Waals surface area (Å²) in [5, 5.41) is 0. The van der Waals surface area contributed by atoms with Gasteiger partial charge in [0.25, 0.3) is 0 Å². The first kappa shape index (κ1) is 18.8. The summed E-state index contributed by atoms with van der Waals surface area (Å²) in [4.78, 5) is 10.9. The summed E-state index contributed by atoms with van der Waals surface area (Å²) in [5.41, 5.74) is 4.31. The van der Waals surface area contributed by atoms with E-state index in [4.69, 9.17) is 4.98 Å². The van der Waals surface area contributed by atoms with Crippen LogP contribution < -0.4 is 4.90 Å². The van der Waals surface area contributed by atoms with Crippen LogP contribution in [0.3, 0.4) is 0 Å². The number of aromatic nitrogens is 2. The van der Waals surface area contributed by atoms with E-state index in [-0.39, 0.29) is 24.8 Å². The molecule has 128 valence electrons. The first-order valence-electron chi connectivity index (χ1n) is 7.50. The molecule has 0 aliphatic carbocycles. The van der Waals surface area contributed by atoms with Crippen LogP contribution in [0.4, 0.5) is 5.69 Å². The van der Waals surface area contributed by atoms with Gasteiger partial charge in [-0.3, -0.25) is 4.99 Å². The summed E-state index contributed by atoms with van der Waals surface area (Å²) in [5.74, 6) is 0.965. The van der Waals surface area contributed by atoms with Crippen LogP contribution in [0.15, 0.2) is 78.2 Å². The van der Waals surface area contributed by atoms with Crippen molar-refractivity contribution in [3.05, 3.63) is 73.2 Å². The SMILES string of the molecule is Cl.Cl.Cn1c(-c2cccc(N3C=CC=NC=C3)c2)nc2ccccc21. The fourth-order valence-corrected chi connectivity index (χ4v) is 2.77. The number of hydrogen-bond acceptors (Lipinski definition) is 3. The highest BCUT2D eigenvalue weighted by Crippen LogP contribution is 2.27. The van der Waals surface area contributed by atoms with E-state index in [0.717, 1.165) is 28.1 Å². The number of aryl methyl sites for hydroxylation is 1. The van der Waals surface area contributed by atoms with E-state index < -0.39 is 0 Å². The third kappa shape index (κ3) is 3.60. The zero-order valence-corrected chi connectivity index (χ0v) is 15.2. The van der Waals surface area contributed by atoms with Gasteiger partial charge in [0.1, 0.15) is 5.82 Å². The number of fused-ring (bicyclic) bond motifs is 1. The molecule has 0 atom stereocenters. The number of halogens is 2. The fraction of sp³-hybridized carbons (Fsp3) is 0.0526. The highest BCUT2D eigenvalue weighted by atomic mass is 35.5. The van der Waals surface area contributed by atoms with Gasteiger partial charge in [-0.05, 0) is 30.3 Å². The van der Waals surface area contributed by atoms with Crippen LogP contribution in [-0.4, -0.2) is 15.8 Å². The van der Waals surface area contributed by atoms with Crippen molar-refractivity contribution in [1.29, 1.82) is 0 Å². The van der Waals surface area contributed by atoms with Crippen molar-refractivity contribution in [2.75, 3.05) is 4.90 Å². The maximum Gasteiger partial charge on any atom is 0.140 e. The molecule has 0 spiro atoms. The zero-order chi connectivity index (χ0) is 15.6. The van der Waals surface area contributed by atoms with Crippen LogP contribution in [0.1, 0.15) is 0 Å². The van der Waals surface area contributed by atoms with Gasteiger partial charge >= 0.3 is 0 Å². The maximum atomic E-state index is 4.77. The van der Waals surface area contributed by atoms with Crippen molar-refractivity contribution in [2.24, 2.45) is 12.0 Å². The number of aliphatic imine (C=N–C) groups is 1. The summed E-state index contributed by atoms with van der Waals surface area (Å²) in [6.07, 6.45) is 9.39. The molecule has 2 aromatic carbocycles. The molecular formula is C19H18Cl2N4. The Morgan fingerprint density at radius 2 is 1.76 bits per heavy atom. The Balaban J connectivity index is 0.00000113. The Hall–Kier alpha value is -2.56. The lowest BCUT2D eigenvalue weighted by Crippen LogP contribution is -2.06. The summed E-state index contributed by atoms with van der Waals surface area (Å²) in [6.45, 7) is 0. The molecule has 1 aromatic heterocycles. The molecule has 0 saturated heterocycles. The zero-order valence-electron chi connectivity index (χ0n) is 13.6. The predicted octanol–water partition coefficient (Wildman–Crippen LogP) is 4.96. The minimum absolute atomic E-state index is 0. The Bertz CT molecular complexity index is 941. The quantitative estimate of drug-likeness (QED) is 0.636. The van der Waals surface area contributed by atoms with E-state index in [1.54, 1.807) is 12.4 Å². The number of imidazole rings is 1. The second-order valence-electron chi connectivity index (χ2n) is 5.38. The van der Waals surface area contributed by atoms with E-state index in [1.807, 2.05) is 41.6 Å². The highest BCUT2D eigenvalue weighted by molar-refractivity contribution is 5.85. The van der Waals surface area contributed by atoms with Crippen molar-refractivity contribution in [2.45, 2.75) is 0 Å². The van der Waals surface area contributed by atoms with Crippen LogP contribution in [0, 0.1) is 0 Å². The summed E-state index contributed by atoms with van der Waals surface area (Å²) in [6, 6.07) is 16.5. The molecule has 4 nitrogen and oxygen atoms in total. The van der Waals surface area contributed by atoms with Gasteiger partial charge < -0.3 is 9.47 Å². The Labute approximate surface area is 159 Å². The fourth-order valence-electron chi connectivity index (χ4n) is 2.77. The van der Waals surface area contributed by atoms with E-state index in [0.29, 0.717) is 0 Å². The topological polar surface area (TPSA) is 33.4 Å². The molecule has 1 aliphatic heterocycles. The van der Waals surface area contributed by atoms with Crippen LogP contribution in [0.2, 0.25) is 0 Å². The highest BCUT2D eigenvalue weighted by Gasteiger charge is 2.10. The van der Waals surface area contributed by atoms with Crippen molar-refractivity contribution in [3.8, 4) is 11.4 Å². The summed E-state index contributed by atoms with van der Waals surface area (Å²) in [7, 11) is 2.05. The predicted molar refractivity (Wildman–Crippen MR) is 110 cm³/mol. The van der Waals surface area contributed by atoms with Gasteiger partial charge in [-0.25, -0.2) is 4.98 Å². The first-order chi connectivity index (χ1) is 11.3. The Kier molecular flexibility index (Phi) is 6.02. The second-order valence-corrected chi connectivity index (χ2v) is 5.38. The van der Waals surface area contributed by atoms with Crippen molar-refractivity contribution < 1.29 is 0 Å². The van der Waals surface area contributed by atoms with Gasteiger partial charge in [0.15, 0.2) is 0 Å². The van der Waals surface area contributed by atoms with E-state index in [1.165, 1.54) is 0 Å². The summed E-state index contributed by atoms with van der Waals surface area (Å²) < 4.78 is 2.13. The van der Waals surface area contributed by atoms with E-state index in [9.17, 15) is 0 Å². The molecule has 0 saturated carbocycles. The van der Waals surface area contributed by atoms with E-state index in [2.05, 4.69) is 46.9 Å². The van der Waals surface area contributed by atoms with Crippen molar-refractivity contribution in [1.82, 2.24) is 9.55 Å². The molecule has 0 unspecified atom stereocenters. The molecule has 0 N–H and O–H groups in total. The normalized spacial score (nSPS) is 12.6. The van der Waals surface area contributed by atoms with Crippen molar-refractivity contribution in [3.63, 3.8) is 0 Å². The second kappa shape index (κ2) is 8.01. The van der Waals surface area contributed by atoms with Crippen LogP contribution >= 0.6 is 24.8 Å². The van der Waals surface area contributed by atoms with Crippen LogP contribution in [-0.2, 0) is 7.05 Å². The smallest absolute Gasteiger partial charge is 0.140 e. The molecule has 0 amide bonds. The number of nitrogens with zero attached hydrogens (tertiary/aromatic N) is 4. The Morgan fingerprint density at radius 3 is 2.60 bits per heavy atom. The third-order valence-electron chi connectivity index (χ3n) is 3.92. The lowest BCUT2D eigenvalue weighted by molar-refractivity contribution is 0.959. The van der Waals surface area contributed by atoms with E-state index >= 15 is 0 Å². The third-order valence-corrected chi connectivity index (χ3v) is 3.92. The van der Waals surface area contributed by atoms with Crippen LogP contribution in [0.5, 0.6) is 0 Å². The standard InChI is InChI=1S/C19H16N4.2ClH/c1-22-18-9-3-2-8-17(18)21-19(22)15-6-4-7-16(14-15)23-12-5-10-20-11-13-23;;/h2-14H,1H3;2*1H. The molecule has 25 heavy (non-hydrogen) atoms. The molecule has 0 bridgehead atoms. The van der Waals surface area contributed by atoms with Crippen LogP contribution in [0.25, 0.3) is 22.4 Å². The van der Waals surface area contributed by atoms with Gasteiger partial charge in [-0.2, -0.15) is 0 Å². The molecule has 0 fully saturated rings. The number of hydrogen-bond donors (Lipinski definition) is 0. The van der Waals surface area contributed by atoms with Crippen molar-refractivity contribution >= 4 is 47.7 Å². The molecular weight excluding hydrogens is 355 g/mol.